The van der Waals surface area contributed by atoms with Crippen LogP contribution in [-0.2, 0) is 11.2 Å². The summed E-state index contributed by atoms with van der Waals surface area (Å²) in [6.07, 6.45) is 11.9. The molecule has 1 aromatic carbocycles. The third kappa shape index (κ3) is 6.34. The Morgan fingerprint density at radius 2 is 2.00 bits per heavy atom. The van der Waals surface area contributed by atoms with Crippen molar-refractivity contribution in [3.8, 4) is 5.75 Å². The highest BCUT2D eigenvalue weighted by Crippen LogP contribution is 2.27. The number of ether oxygens (including phenoxy) is 2. The maximum Gasteiger partial charge on any atom is 0.123 e. The van der Waals surface area contributed by atoms with Crippen LogP contribution in [-0.4, -0.2) is 18.8 Å². The molecule has 116 valence electrons. The van der Waals surface area contributed by atoms with Gasteiger partial charge in [-0.3, -0.25) is 0 Å². The predicted molar refractivity (Wildman–Crippen MR) is 87.9 cm³/mol. The van der Waals surface area contributed by atoms with Gasteiger partial charge in [-0.25, -0.2) is 0 Å². The topological polar surface area (TPSA) is 21.8 Å². The molecule has 2 rings (SSSR count). The van der Waals surface area contributed by atoms with Crippen molar-refractivity contribution in [2.24, 2.45) is 0 Å². The van der Waals surface area contributed by atoms with Crippen LogP contribution in [0.25, 0.3) is 0 Å². The number of hydrogen-bond acceptors (Lipinski definition) is 2. The number of unbranched alkanes of at least 4 members (excludes halogenated alkanes) is 3. The predicted octanol–water partition coefficient (Wildman–Crippen LogP) is 4.92. The van der Waals surface area contributed by atoms with Gasteiger partial charge in [-0.1, -0.05) is 44.1 Å². The lowest BCUT2D eigenvalue weighted by molar-refractivity contribution is 0.202. The first-order chi connectivity index (χ1) is 10.2. The molecule has 1 fully saturated rings. The maximum atomic E-state index is 5.81. The van der Waals surface area contributed by atoms with Gasteiger partial charge in [-0.2, -0.15) is 0 Å². The molecule has 0 spiro atoms. The zero-order chi connectivity index (χ0) is 15.0. The zero-order valence-electron chi connectivity index (χ0n) is 13.4. The van der Waals surface area contributed by atoms with Gasteiger partial charge in [0, 0.05) is 0 Å². The van der Waals surface area contributed by atoms with E-state index >= 15 is 0 Å². The summed E-state index contributed by atoms with van der Waals surface area (Å²) >= 11 is 0. The summed E-state index contributed by atoms with van der Waals surface area (Å²) in [4.78, 5) is 0. The lowest BCUT2D eigenvalue weighted by Gasteiger charge is -2.10. The molecular weight excluding hydrogens is 260 g/mol. The van der Waals surface area contributed by atoms with Gasteiger partial charge >= 0.3 is 0 Å². The van der Waals surface area contributed by atoms with Crippen molar-refractivity contribution in [3.05, 3.63) is 42.0 Å². The van der Waals surface area contributed by atoms with Gasteiger partial charge in [-0.05, 0) is 50.3 Å². The number of hydrogen-bond donors (Lipinski definition) is 0. The van der Waals surface area contributed by atoms with Crippen LogP contribution in [0.2, 0.25) is 0 Å². The molecule has 2 heteroatoms. The minimum atomic E-state index is -0.0424. The summed E-state index contributed by atoms with van der Waals surface area (Å²) in [5.41, 5.74) is 1.32. The standard InChI is InChI=1S/C19H28O2/c1-3-4-5-6-7-8-9-11-17-12-10-13-18(14-17)20-15-19(2)16-21-19/h6-7,10,12-14H,3-5,8-9,11,15-16H2,1-2H3/b7-6+. The first-order valence-corrected chi connectivity index (χ1v) is 8.22. The lowest BCUT2D eigenvalue weighted by Crippen LogP contribution is -2.16. The third-order valence-electron chi connectivity index (χ3n) is 3.81. The highest BCUT2D eigenvalue weighted by Gasteiger charge is 2.40. The van der Waals surface area contributed by atoms with Gasteiger partial charge < -0.3 is 9.47 Å². The Morgan fingerprint density at radius 3 is 2.71 bits per heavy atom. The minimum Gasteiger partial charge on any atom is -0.490 e. The van der Waals surface area contributed by atoms with Crippen LogP contribution in [0.5, 0.6) is 5.75 Å². The molecule has 1 aliphatic rings. The van der Waals surface area contributed by atoms with E-state index in [1.807, 2.05) is 6.07 Å². The molecule has 1 aliphatic heterocycles. The quantitative estimate of drug-likeness (QED) is 0.346. The van der Waals surface area contributed by atoms with E-state index in [-0.39, 0.29) is 5.60 Å². The SMILES string of the molecule is CCCC/C=C/CCCc1cccc(OCC2(C)CO2)c1. The van der Waals surface area contributed by atoms with E-state index in [1.165, 1.54) is 37.7 Å². The largest absolute Gasteiger partial charge is 0.490 e. The van der Waals surface area contributed by atoms with E-state index in [4.69, 9.17) is 9.47 Å². The van der Waals surface area contributed by atoms with Crippen molar-refractivity contribution in [1.29, 1.82) is 0 Å². The van der Waals surface area contributed by atoms with E-state index in [1.54, 1.807) is 0 Å². The number of epoxide rings is 1. The molecule has 0 saturated carbocycles. The van der Waals surface area contributed by atoms with Crippen LogP contribution in [0, 0.1) is 0 Å². The van der Waals surface area contributed by atoms with Gasteiger partial charge in [-0.15, -0.1) is 0 Å². The smallest absolute Gasteiger partial charge is 0.123 e. The number of allylic oxidation sites excluding steroid dienone is 2. The molecule has 0 aromatic heterocycles. The summed E-state index contributed by atoms with van der Waals surface area (Å²) in [5.74, 6) is 0.961. The van der Waals surface area contributed by atoms with Crippen molar-refractivity contribution >= 4 is 0 Å². The molecule has 21 heavy (non-hydrogen) atoms. The average molecular weight is 288 g/mol. The van der Waals surface area contributed by atoms with Crippen LogP contribution >= 0.6 is 0 Å². The van der Waals surface area contributed by atoms with Gasteiger partial charge in [0.05, 0.1) is 6.61 Å². The highest BCUT2D eigenvalue weighted by atomic mass is 16.6. The third-order valence-corrected chi connectivity index (χ3v) is 3.81. The fourth-order valence-corrected chi connectivity index (χ4v) is 2.22. The molecule has 0 amide bonds. The fourth-order valence-electron chi connectivity index (χ4n) is 2.22. The molecule has 2 nitrogen and oxygen atoms in total. The Bertz CT molecular complexity index is 447. The molecule has 0 radical (unpaired) electrons. The van der Waals surface area contributed by atoms with Crippen LogP contribution in [0.4, 0.5) is 0 Å². The summed E-state index contributed by atoms with van der Waals surface area (Å²) in [6.45, 7) is 5.79. The van der Waals surface area contributed by atoms with Crippen LogP contribution in [0.1, 0.15) is 51.5 Å². The molecule has 0 bridgehead atoms. The molecule has 1 aromatic rings. The van der Waals surface area contributed by atoms with Crippen molar-refractivity contribution in [1.82, 2.24) is 0 Å². The minimum absolute atomic E-state index is 0.0424. The monoisotopic (exact) mass is 288 g/mol. The Labute approximate surface area is 129 Å². The molecule has 1 heterocycles. The van der Waals surface area contributed by atoms with Crippen molar-refractivity contribution in [2.75, 3.05) is 13.2 Å². The van der Waals surface area contributed by atoms with Gasteiger partial charge in [0.25, 0.3) is 0 Å². The Kier molecular flexibility index (Phi) is 6.31. The van der Waals surface area contributed by atoms with Gasteiger partial charge in [0.1, 0.15) is 18.0 Å². The van der Waals surface area contributed by atoms with Crippen LogP contribution in [0.3, 0.4) is 0 Å². The van der Waals surface area contributed by atoms with Crippen molar-refractivity contribution < 1.29 is 9.47 Å². The first kappa shape index (κ1) is 16.1. The van der Waals surface area contributed by atoms with Gasteiger partial charge in [0.15, 0.2) is 0 Å². The summed E-state index contributed by atoms with van der Waals surface area (Å²) < 4.78 is 11.1. The Balaban J connectivity index is 1.67. The van der Waals surface area contributed by atoms with Crippen LogP contribution < -0.4 is 4.74 Å². The molecule has 1 saturated heterocycles. The second-order valence-electron chi connectivity index (χ2n) is 6.18. The maximum absolute atomic E-state index is 5.81. The molecular formula is C19H28O2. The first-order valence-electron chi connectivity index (χ1n) is 8.22. The number of rotatable bonds is 10. The summed E-state index contributed by atoms with van der Waals surface area (Å²) in [6, 6.07) is 8.45. The zero-order valence-corrected chi connectivity index (χ0v) is 13.4. The average Bonchev–Trinajstić information content (AvgIpc) is 3.23. The van der Waals surface area contributed by atoms with Crippen molar-refractivity contribution in [3.63, 3.8) is 0 Å². The number of aryl methyl sites for hydroxylation is 1. The molecule has 1 atom stereocenters. The highest BCUT2D eigenvalue weighted by molar-refractivity contribution is 5.28. The summed E-state index contributed by atoms with van der Waals surface area (Å²) in [7, 11) is 0. The van der Waals surface area contributed by atoms with E-state index in [0.717, 1.165) is 18.8 Å². The Morgan fingerprint density at radius 1 is 1.24 bits per heavy atom. The normalized spacial score (nSPS) is 20.9. The van der Waals surface area contributed by atoms with E-state index in [2.05, 4.69) is 44.2 Å². The molecule has 0 aliphatic carbocycles. The van der Waals surface area contributed by atoms with Crippen LogP contribution in [0.15, 0.2) is 36.4 Å². The van der Waals surface area contributed by atoms with Crippen molar-refractivity contribution in [2.45, 2.75) is 58.0 Å². The van der Waals surface area contributed by atoms with Gasteiger partial charge in [0.2, 0.25) is 0 Å². The lowest BCUT2D eigenvalue weighted by atomic mass is 10.1. The molecule has 1 unspecified atom stereocenters. The second-order valence-corrected chi connectivity index (χ2v) is 6.18. The summed E-state index contributed by atoms with van der Waals surface area (Å²) in [5, 5.41) is 0. The second kappa shape index (κ2) is 8.23. The van der Waals surface area contributed by atoms with E-state index in [9.17, 15) is 0 Å². The number of benzene rings is 1. The Hall–Kier alpha value is -1.28. The molecule has 0 N–H and O–H groups in total. The van der Waals surface area contributed by atoms with E-state index < -0.39 is 0 Å². The van der Waals surface area contributed by atoms with E-state index in [0.29, 0.717) is 6.61 Å². The fraction of sp³-hybridized carbons (Fsp3) is 0.579.